The molecule has 1 amide bonds. The summed E-state index contributed by atoms with van der Waals surface area (Å²) in [5.74, 6) is 0.363. The van der Waals surface area contributed by atoms with Gasteiger partial charge in [-0.2, -0.15) is 0 Å². The van der Waals surface area contributed by atoms with E-state index >= 15 is 0 Å². The number of ether oxygens (including phenoxy) is 1. The van der Waals surface area contributed by atoms with Crippen LogP contribution in [0, 0.1) is 3.57 Å². The van der Waals surface area contributed by atoms with Crippen LogP contribution in [0.1, 0.15) is 12.5 Å². The van der Waals surface area contributed by atoms with E-state index in [-0.39, 0.29) is 11.7 Å². The van der Waals surface area contributed by atoms with Gasteiger partial charge >= 0.3 is 0 Å². The molecule has 1 saturated heterocycles. The third kappa shape index (κ3) is 2.98. The molecule has 2 rings (SSSR count). The van der Waals surface area contributed by atoms with Crippen molar-refractivity contribution in [3.05, 3.63) is 27.0 Å². The van der Waals surface area contributed by atoms with E-state index in [0.29, 0.717) is 26.7 Å². The summed E-state index contributed by atoms with van der Waals surface area (Å²) in [5.41, 5.74) is 1.26. The van der Waals surface area contributed by atoms with Gasteiger partial charge in [-0.15, -0.1) is 0 Å². The highest BCUT2D eigenvalue weighted by molar-refractivity contribution is 14.1. The zero-order chi connectivity index (χ0) is 15.7. The van der Waals surface area contributed by atoms with Gasteiger partial charge in [-0.3, -0.25) is 9.69 Å². The van der Waals surface area contributed by atoms with E-state index in [4.69, 9.17) is 17.0 Å². The van der Waals surface area contributed by atoms with Crippen molar-refractivity contribution < 1.29 is 14.6 Å². The fourth-order valence-electron chi connectivity index (χ4n) is 1.99. The number of phenols is 1. The van der Waals surface area contributed by atoms with Gasteiger partial charge in [0.05, 0.1) is 10.2 Å². The zero-order valence-electron chi connectivity index (χ0n) is 11.9. The number of benzene rings is 1. The van der Waals surface area contributed by atoms with Crippen molar-refractivity contribution in [3.8, 4) is 11.5 Å². The van der Waals surface area contributed by atoms with E-state index in [2.05, 4.69) is 0 Å². The molecule has 1 N–H and O–H groups in total. The van der Waals surface area contributed by atoms with Gasteiger partial charge < -0.3 is 14.7 Å². The van der Waals surface area contributed by atoms with Crippen LogP contribution in [0.3, 0.4) is 0 Å². The number of hydrogen-bond acceptors (Lipinski definition) is 4. The Labute approximate surface area is 142 Å². The molecule has 112 valence electrons. The van der Waals surface area contributed by atoms with Gasteiger partial charge in [0.15, 0.2) is 16.6 Å². The van der Waals surface area contributed by atoms with Gasteiger partial charge in [-0.1, -0.05) is 0 Å². The molecule has 0 spiro atoms. The lowest BCUT2D eigenvalue weighted by Crippen LogP contribution is -2.26. The first-order valence-corrected chi connectivity index (χ1v) is 7.78. The van der Waals surface area contributed by atoms with Crippen molar-refractivity contribution in [2.24, 2.45) is 0 Å². The highest BCUT2D eigenvalue weighted by atomic mass is 127. The van der Waals surface area contributed by atoms with Crippen LogP contribution in [0.2, 0.25) is 0 Å². The number of aromatic hydroxyl groups is 1. The minimum Gasteiger partial charge on any atom is -0.504 e. The van der Waals surface area contributed by atoms with Crippen molar-refractivity contribution in [2.45, 2.75) is 6.92 Å². The van der Waals surface area contributed by atoms with Gasteiger partial charge in [-0.05, 0) is 65.5 Å². The van der Waals surface area contributed by atoms with Crippen LogP contribution in [-0.2, 0) is 4.79 Å². The summed E-state index contributed by atoms with van der Waals surface area (Å²) in [4.78, 5) is 15.2. The molecule has 0 atom stereocenters. The van der Waals surface area contributed by atoms with E-state index < -0.39 is 0 Å². The summed E-state index contributed by atoms with van der Waals surface area (Å²) in [6.45, 7) is 2.30. The minimum absolute atomic E-state index is 0.110. The molecular weight excluding hydrogens is 403 g/mol. The fourth-order valence-corrected chi connectivity index (χ4v) is 2.80. The molecule has 0 aliphatic carbocycles. The SMILES string of the molecule is CCOc1cc(C=C2C(=O)N(C)C(=S)N2C)cc(I)c1O. The molecule has 1 fully saturated rings. The van der Waals surface area contributed by atoms with Gasteiger partial charge in [0.2, 0.25) is 0 Å². The summed E-state index contributed by atoms with van der Waals surface area (Å²) in [7, 11) is 3.40. The Morgan fingerprint density at radius 1 is 1.38 bits per heavy atom. The number of rotatable bonds is 3. The first-order valence-electron chi connectivity index (χ1n) is 6.29. The molecule has 5 nitrogen and oxygen atoms in total. The lowest BCUT2D eigenvalue weighted by atomic mass is 10.1. The van der Waals surface area contributed by atoms with Crippen LogP contribution in [0.4, 0.5) is 0 Å². The first-order chi connectivity index (χ1) is 9.86. The molecule has 1 aliphatic heterocycles. The van der Waals surface area contributed by atoms with Crippen molar-refractivity contribution in [1.82, 2.24) is 9.80 Å². The summed E-state index contributed by atoms with van der Waals surface area (Å²) < 4.78 is 6.06. The molecule has 0 radical (unpaired) electrons. The number of thiocarbonyl (C=S) groups is 1. The number of carbonyl (C=O) groups excluding carboxylic acids is 1. The second-order valence-corrected chi connectivity index (χ2v) is 6.05. The van der Waals surface area contributed by atoms with Gasteiger partial charge in [-0.25, -0.2) is 0 Å². The van der Waals surface area contributed by atoms with Crippen molar-refractivity contribution in [2.75, 3.05) is 20.7 Å². The van der Waals surface area contributed by atoms with E-state index in [1.807, 2.05) is 29.5 Å². The normalized spacial score (nSPS) is 17.0. The predicted molar refractivity (Wildman–Crippen MR) is 93.1 cm³/mol. The lowest BCUT2D eigenvalue weighted by Gasteiger charge is -2.12. The number of hydrogen-bond donors (Lipinski definition) is 1. The molecule has 1 aromatic carbocycles. The maximum Gasteiger partial charge on any atom is 0.276 e. The van der Waals surface area contributed by atoms with Crippen LogP contribution in [-0.4, -0.2) is 46.6 Å². The van der Waals surface area contributed by atoms with Gasteiger partial charge in [0.25, 0.3) is 5.91 Å². The lowest BCUT2D eigenvalue weighted by molar-refractivity contribution is -0.121. The highest BCUT2D eigenvalue weighted by Gasteiger charge is 2.32. The largest absolute Gasteiger partial charge is 0.504 e. The summed E-state index contributed by atoms with van der Waals surface area (Å²) in [5, 5.41) is 10.4. The zero-order valence-corrected chi connectivity index (χ0v) is 14.9. The van der Waals surface area contributed by atoms with E-state index in [0.717, 1.165) is 5.56 Å². The molecular formula is C14H15IN2O3S. The maximum absolute atomic E-state index is 12.1. The molecule has 7 heteroatoms. The monoisotopic (exact) mass is 418 g/mol. The maximum atomic E-state index is 12.1. The summed E-state index contributed by atoms with van der Waals surface area (Å²) >= 11 is 7.20. The first kappa shape index (κ1) is 16.0. The Morgan fingerprint density at radius 3 is 2.57 bits per heavy atom. The van der Waals surface area contributed by atoms with E-state index in [9.17, 15) is 9.90 Å². The minimum atomic E-state index is -0.149. The molecule has 21 heavy (non-hydrogen) atoms. The number of phenolic OH excluding ortho intramolecular Hbond substituents is 1. The molecule has 0 bridgehead atoms. The smallest absolute Gasteiger partial charge is 0.276 e. The molecule has 0 saturated carbocycles. The Hall–Kier alpha value is -1.35. The summed E-state index contributed by atoms with van der Waals surface area (Å²) in [6, 6.07) is 3.49. The number of halogens is 1. The van der Waals surface area contributed by atoms with Gasteiger partial charge in [0.1, 0.15) is 5.70 Å². The highest BCUT2D eigenvalue weighted by Crippen LogP contribution is 2.34. The number of amides is 1. The van der Waals surface area contributed by atoms with Crippen molar-refractivity contribution in [3.63, 3.8) is 0 Å². The molecule has 1 heterocycles. The van der Waals surface area contributed by atoms with E-state index in [1.54, 1.807) is 37.2 Å². The Balaban J connectivity index is 2.46. The Bertz CT molecular complexity index is 645. The Kier molecular flexibility index (Phi) is 4.72. The number of carbonyl (C=O) groups is 1. The van der Waals surface area contributed by atoms with Crippen LogP contribution >= 0.6 is 34.8 Å². The molecule has 0 aromatic heterocycles. The quantitative estimate of drug-likeness (QED) is 0.465. The van der Waals surface area contributed by atoms with Crippen LogP contribution in [0.15, 0.2) is 17.8 Å². The molecule has 1 aliphatic rings. The third-order valence-corrected chi connectivity index (χ3v) is 4.48. The average Bonchev–Trinajstić information content (AvgIpc) is 2.62. The van der Waals surface area contributed by atoms with Crippen molar-refractivity contribution >= 4 is 51.9 Å². The summed E-state index contributed by atoms with van der Waals surface area (Å²) in [6.07, 6.45) is 1.74. The van der Waals surface area contributed by atoms with Crippen LogP contribution < -0.4 is 4.74 Å². The average molecular weight is 418 g/mol. The van der Waals surface area contributed by atoms with Crippen molar-refractivity contribution in [1.29, 1.82) is 0 Å². The standard InChI is InChI=1S/C14H15IN2O3S/c1-4-20-11-7-8(5-9(15)12(11)18)6-10-13(19)17(3)14(21)16(10)2/h5-7,18H,4H2,1-3H3. The van der Waals surface area contributed by atoms with Gasteiger partial charge in [0, 0.05) is 14.1 Å². The third-order valence-electron chi connectivity index (χ3n) is 3.11. The molecule has 0 unspecified atom stereocenters. The van der Waals surface area contributed by atoms with Crippen LogP contribution in [0.5, 0.6) is 11.5 Å². The fraction of sp³-hybridized carbons (Fsp3) is 0.286. The second-order valence-electron chi connectivity index (χ2n) is 4.52. The van der Waals surface area contributed by atoms with E-state index in [1.165, 1.54) is 4.90 Å². The second kappa shape index (κ2) is 6.18. The molecule has 1 aromatic rings. The Morgan fingerprint density at radius 2 is 2.05 bits per heavy atom. The topological polar surface area (TPSA) is 53.0 Å². The number of nitrogens with zero attached hydrogens (tertiary/aromatic N) is 2. The predicted octanol–water partition coefficient (Wildman–Crippen LogP) is 2.43. The number of likely N-dealkylation sites (N-methyl/N-ethyl adjacent to an activating group) is 2. The van der Waals surface area contributed by atoms with Crippen LogP contribution in [0.25, 0.3) is 6.08 Å².